The molecule has 0 atom stereocenters. The minimum Gasteiger partial charge on any atom is -0.481 e. The van der Waals surface area contributed by atoms with Gasteiger partial charge in [0, 0.05) is 13.1 Å². The van der Waals surface area contributed by atoms with Crippen molar-refractivity contribution < 1.29 is 9.90 Å². The molecule has 1 aliphatic rings. The molecule has 86 valence electrons. The zero-order chi connectivity index (χ0) is 11.5. The molecule has 1 rings (SSSR count). The Hall–Kier alpha value is -1.13. The molecule has 5 heteroatoms. The van der Waals surface area contributed by atoms with E-state index >= 15 is 0 Å². The number of hydrogen-bond donors (Lipinski definition) is 1. The van der Waals surface area contributed by atoms with Gasteiger partial charge in [0.2, 0.25) is 0 Å². The minimum absolute atomic E-state index is 0.358. The number of carboxylic acid groups (broad SMARTS) is 1. The van der Waals surface area contributed by atoms with E-state index in [1.54, 1.807) is 0 Å². The summed E-state index contributed by atoms with van der Waals surface area (Å²) in [5.41, 5.74) is -0.643. The van der Waals surface area contributed by atoms with Gasteiger partial charge in [-0.05, 0) is 25.2 Å². The molecule has 1 aliphatic heterocycles. The average molecular weight is 214 g/mol. The van der Waals surface area contributed by atoms with Gasteiger partial charge in [0.05, 0.1) is 10.7 Å². The molecule has 0 spiro atoms. The molecule has 1 saturated heterocycles. The molecular formula is C10H18N2O3. The van der Waals surface area contributed by atoms with E-state index in [0.29, 0.717) is 38.3 Å². The topological polar surface area (TPSA) is 70.0 Å². The van der Waals surface area contributed by atoms with Crippen molar-refractivity contribution in [1.29, 1.82) is 0 Å². The van der Waals surface area contributed by atoms with Gasteiger partial charge in [-0.1, -0.05) is 13.8 Å². The number of carboxylic acids is 1. The maximum Gasteiger partial charge on any atom is 0.309 e. The number of aliphatic carboxylic acids is 1. The highest BCUT2D eigenvalue weighted by molar-refractivity contribution is 5.74. The van der Waals surface area contributed by atoms with E-state index < -0.39 is 11.4 Å². The Labute approximate surface area is 89.4 Å². The normalized spacial score (nSPS) is 20.3. The quantitative estimate of drug-likeness (QED) is 0.725. The van der Waals surface area contributed by atoms with Crippen LogP contribution in [-0.2, 0) is 4.79 Å². The van der Waals surface area contributed by atoms with Gasteiger partial charge in [0.25, 0.3) is 0 Å². The number of nitrogens with zero attached hydrogens (tertiary/aromatic N) is 2. The van der Waals surface area contributed by atoms with Crippen LogP contribution in [0.2, 0.25) is 0 Å². The van der Waals surface area contributed by atoms with Gasteiger partial charge in [0.15, 0.2) is 0 Å². The molecule has 1 N–H and O–H groups in total. The fourth-order valence-electron chi connectivity index (χ4n) is 2.29. The second-order valence-electron chi connectivity index (χ2n) is 4.72. The Morgan fingerprint density at radius 1 is 1.47 bits per heavy atom. The van der Waals surface area contributed by atoms with E-state index in [1.165, 1.54) is 5.01 Å². The molecular weight excluding hydrogens is 196 g/mol. The molecule has 0 aromatic carbocycles. The zero-order valence-corrected chi connectivity index (χ0v) is 9.27. The summed E-state index contributed by atoms with van der Waals surface area (Å²) in [6.45, 7) is 4.97. The largest absolute Gasteiger partial charge is 0.481 e. The van der Waals surface area contributed by atoms with Crippen molar-refractivity contribution in [2.24, 2.45) is 16.6 Å². The highest BCUT2D eigenvalue weighted by Crippen LogP contribution is 2.37. The van der Waals surface area contributed by atoms with Crippen molar-refractivity contribution in [2.45, 2.75) is 33.1 Å². The third-order valence-corrected chi connectivity index (χ3v) is 3.07. The molecule has 15 heavy (non-hydrogen) atoms. The average Bonchev–Trinajstić information content (AvgIpc) is 2.17. The predicted octanol–water partition coefficient (Wildman–Crippen LogP) is 1.88. The number of piperidine rings is 1. The third-order valence-electron chi connectivity index (χ3n) is 3.07. The second-order valence-corrected chi connectivity index (χ2v) is 4.72. The van der Waals surface area contributed by atoms with E-state index in [9.17, 15) is 14.8 Å². The highest BCUT2D eigenvalue weighted by Gasteiger charge is 2.41. The lowest BCUT2D eigenvalue weighted by Crippen LogP contribution is -2.43. The van der Waals surface area contributed by atoms with Gasteiger partial charge in [-0.3, -0.25) is 9.80 Å². The van der Waals surface area contributed by atoms with E-state index in [0.717, 1.165) is 0 Å². The van der Waals surface area contributed by atoms with Crippen molar-refractivity contribution in [3.05, 3.63) is 4.91 Å². The van der Waals surface area contributed by atoms with Crippen LogP contribution < -0.4 is 0 Å². The first-order valence-electron chi connectivity index (χ1n) is 5.32. The molecule has 0 aliphatic carbocycles. The molecule has 0 unspecified atom stereocenters. The molecule has 0 saturated carbocycles. The molecule has 5 nitrogen and oxygen atoms in total. The Bertz CT molecular complexity index is 245. The van der Waals surface area contributed by atoms with Crippen molar-refractivity contribution in [2.75, 3.05) is 13.1 Å². The summed E-state index contributed by atoms with van der Waals surface area (Å²) < 4.78 is 0. The Morgan fingerprint density at radius 2 is 2.00 bits per heavy atom. The summed E-state index contributed by atoms with van der Waals surface area (Å²) in [5.74, 6) is -0.376. The standard InChI is InChI=1S/C10H18N2O3/c1-8(2)7-10(9(13)14)3-5-12(11-15)6-4-10/h8H,3-7H2,1-2H3,(H,13,14). The summed E-state index contributed by atoms with van der Waals surface area (Å²) in [5, 5.41) is 13.5. The Kier molecular flexibility index (Phi) is 3.66. The number of hydrogen-bond acceptors (Lipinski definition) is 3. The van der Waals surface area contributed by atoms with E-state index in [4.69, 9.17) is 0 Å². The van der Waals surface area contributed by atoms with Crippen molar-refractivity contribution in [1.82, 2.24) is 5.01 Å². The fourth-order valence-corrected chi connectivity index (χ4v) is 2.29. The highest BCUT2D eigenvalue weighted by atomic mass is 16.4. The maximum atomic E-state index is 11.3. The molecule has 0 amide bonds. The number of rotatable bonds is 4. The zero-order valence-electron chi connectivity index (χ0n) is 9.27. The van der Waals surface area contributed by atoms with Gasteiger partial charge in [0.1, 0.15) is 0 Å². The lowest BCUT2D eigenvalue weighted by atomic mass is 9.73. The van der Waals surface area contributed by atoms with Crippen LogP contribution in [0.15, 0.2) is 5.29 Å². The van der Waals surface area contributed by atoms with E-state index in [1.807, 2.05) is 13.8 Å². The lowest BCUT2D eigenvalue weighted by molar-refractivity contribution is -0.153. The van der Waals surface area contributed by atoms with Gasteiger partial charge >= 0.3 is 5.97 Å². The first-order chi connectivity index (χ1) is 7.00. The molecule has 0 bridgehead atoms. The number of nitroso groups, excluding NO2 is 1. The molecule has 0 radical (unpaired) electrons. The minimum atomic E-state index is -0.734. The molecule has 0 aromatic heterocycles. The van der Waals surface area contributed by atoms with E-state index in [-0.39, 0.29) is 0 Å². The Morgan fingerprint density at radius 3 is 2.33 bits per heavy atom. The molecule has 1 heterocycles. The summed E-state index contributed by atoms with van der Waals surface area (Å²) >= 11 is 0. The van der Waals surface area contributed by atoms with Crippen LogP contribution in [0.4, 0.5) is 0 Å². The van der Waals surface area contributed by atoms with Crippen LogP contribution in [0.25, 0.3) is 0 Å². The van der Waals surface area contributed by atoms with Gasteiger partial charge < -0.3 is 5.11 Å². The first-order valence-corrected chi connectivity index (χ1v) is 5.32. The van der Waals surface area contributed by atoms with Crippen LogP contribution in [-0.4, -0.2) is 29.2 Å². The maximum absolute atomic E-state index is 11.3. The van der Waals surface area contributed by atoms with Crippen LogP contribution >= 0.6 is 0 Å². The van der Waals surface area contributed by atoms with Gasteiger partial charge in [-0.15, -0.1) is 4.91 Å². The van der Waals surface area contributed by atoms with Gasteiger partial charge in [-0.2, -0.15) is 0 Å². The van der Waals surface area contributed by atoms with Crippen LogP contribution in [0, 0.1) is 16.2 Å². The predicted molar refractivity (Wildman–Crippen MR) is 56.1 cm³/mol. The first kappa shape index (κ1) is 11.9. The van der Waals surface area contributed by atoms with Crippen LogP contribution in [0.1, 0.15) is 33.1 Å². The Balaban J connectivity index is 2.68. The van der Waals surface area contributed by atoms with Crippen LogP contribution in [0.5, 0.6) is 0 Å². The smallest absolute Gasteiger partial charge is 0.309 e. The summed E-state index contributed by atoms with van der Waals surface area (Å²) in [6.07, 6.45) is 1.72. The lowest BCUT2D eigenvalue weighted by Gasteiger charge is -2.37. The van der Waals surface area contributed by atoms with Crippen molar-refractivity contribution >= 4 is 5.97 Å². The van der Waals surface area contributed by atoms with E-state index in [2.05, 4.69) is 5.29 Å². The molecule has 1 fully saturated rings. The summed E-state index contributed by atoms with van der Waals surface area (Å²) in [7, 11) is 0. The van der Waals surface area contributed by atoms with Crippen LogP contribution in [0.3, 0.4) is 0 Å². The fraction of sp³-hybridized carbons (Fsp3) is 0.900. The van der Waals surface area contributed by atoms with Gasteiger partial charge in [-0.25, -0.2) is 0 Å². The van der Waals surface area contributed by atoms with Crippen molar-refractivity contribution in [3.8, 4) is 0 Å². The second kappa shape index (κ2) is 4.59. The molecule has 0 aromatic rings. The van der Waals surface area contributed by atoms with Crippen molar-refractivity contribution in [3.63, 3.8) is 0 Å². The third kappa shape index (κ3) is 2.67. The summed E-state index contributed by atoms with van der Waals surface area (Å²) in [6, 6.07) is 0. The summed E-state index contributed by atoms with van der Waals surface area (Å²) in [4.78, 5) is 21.6. The SMILES string of the molecule is CC(C)CC1(C(=O)O)CCN(N=O)CC1. The number of carbonyl (C=O) groups is 1. The monoisotopic (exact) mass is 214 g/mol.